The molecule has 1 heterocycles. The maximum Gasteiger partial charge on any atom is 0.417 e. The van der Waals surface area contributed by atoms with Crippen molar-refractivity contribution in [3.63, 3.8) is 0 Å². The molecular formula is C13H15F3N2O. The largest absolute Gasteiger partial charge is 0.417 e. The van der Waals surface area contributed by atoms with E-state index in [1.807, 2.05) is 0 Å². The minimum Gasteiger partial charge on any atom is -0.330 e. The number of Topliss-reactive ketones (excluding diaryl/α,β-unsaturated/α-hetero) is 1. The Kier molecular flexibility index (Phi) is 3.89. The summed E-state index contributed by atoms with van der Waals surface area (Å²) in [5.41, 5.74) is 4.33. The van der Waals surface area contributed by atoms with Crippen LogP contribution in [0.2, 0.25) is 0 Å². The molecule has 2 unspecified atom stereocenters. The minimum absolute atomic E-state index is 0.0196. The number of aromatic nitrogens is 1. The van der Waals surface area contributed by atoms with Crippen molar-refractivity contribution in [1.82, 2.24) is 4.98 Å². The molecule has 0 radical (unpaired) electrons. The molecule has 0 saturated heterocycles. The van der Waals surface area contributed by atoms with Crippen molar-refractivity contribution < 1.29 is 18.0 Å². The van der Waals surface area contributed by atoms with E-state index in [0.717, 1.165) is 31.3 Å². The number of nitrogens with two attached hydrogens (primary N) is 1. The molecule has 1 aliphatic carbocycles. The first-order valence-electron chi connectivity index (χ1n) is 6.20. The van der Waals surface area contributed by atoms with Gasteiger partial charge in [-0.15, -0.1) is 0 Å². The summed E-state index contributed by atoms with van der Waals surface area (Å²) in [6.07, 6.45) is -0.238. The van der Waals surface area contributed by atoms with E-state index in [1.165, 1.54) is 0 Å². The van der Waals surface area contributed by atoms with Crippen LogP contribution in [0.3, 0.4) is 0 Å². The second-order valence-corrected chi connectivity index (χ2v) is 4.82. The molecule has 0 spiro atoms. The summed E-state index contributed by atoms with van der Waals surface area (Å²) in [4.78, 5) is 15.9. The monoisotopic (exact) mass is 272 g/mol. The molecular weight excluding hydrogens is 257 g/mol. The lowest BCUT2D eigenvalue weighted by Gasteiger charge is -2.18. The van der Waals surface area contributed by atoms with E-state index in [2.05, 4.69) is 4.98 Å². The van der Waals surface area contributed by atoms with E-state index in [-0.39, 0.29) is 11.5 Å². The Bertz CT molecular complexity index is 473. The standard InChI is InChI=1S/C13H15F3N2O/c14-13(15,16)11-4-5-18-7-10(11)12(19)9-3-1-2-8(9)6-17/h4-5,7-9H,1-3,6,17H2. The molecule has 1 aromatic rings. The molecule has 1 saturated carbocycles. The van der Waals surface area contributed by atoms with Crippen LogP contribution in [-0.4, -0.2) is 17.3 Å². The van der Waals surface area contributed by atoms with Gasteiger partial charge >= 0.3 is 6.18 Å². The van der Waals surface area contributed by atoms with E-state index in [0.29, 0.717) is 13.0 Å². The van der Waals surface area contributed by atoms with Gasteiger partial charge in [0.15, 0.2) is 5.78 Å². The topological polar surface area (TPSA) is 56.0 Å². The lowest BCUT2D eigenvalue weighted by atomic mass is 9.87. The van der Waals surface area contributed by atoms with Gasteiger partial charge in [0, 0.05) is 23.9 Å². The predicted molar refractivity (Wildman–Crippen MR) is 63.5 cm³/mol. The Morgan fingerprint density at radius 1 is 1.42 bits per heavy atom. The van der Waals surface area contributed by atoms with Gasteiger partial charge in [0.1, 0.15) is 0 Å². The molecule has 0 aromatic carbocycles. The normalized spacial score (nSPS) is 23.6. The number of nitrogens with zero attached hydrogens (tertiary/aromatic N) is 1. The van der Waals surface area contributed by atoms with Crippen LogP contribution in [0.4, 0.5) is 13.2 Å². The molecule has 2 N–H and O–H groups in total. The van der Waals surface area contributed by atoms with E-state index >= 15 is 0 Å². The second kappa shape index (κ2) is 5.28. The smallest absolute Gasteiger partial charge is 0.330 e. The van der Waals surface area contributed by atoms with Crippen molar-refractivity contribution in [1.29, 1.82) is 0 Å². The fraction of sp³-hybridized carbons (Fsp3) is 0.538. The number of carbonyl (C=O) groups is 1. The van der Waals surface area contributed by atoms with Crippen molar-refractivity contribution in [2.75, 3.05) is 6.54 Å². The average Bonchev–Trinajstić information content (AvgIpc) is 2.85. The van der Waals surface area contributed by atoms with Crippen LogP contribution in [0, 0.1) is 11.8 Å². The maximum atomic E-state index is 12.9. The molecule has 1 aromatic heterocycles. The quantitative estimate of drug-likeness (QED) is 0.861. The van der Waals surface area contributed by atoms with E-state index < -0.39 is 23.4 Å². The fourth-order valence-corrected chi connectivity index (χ4v) is 2.70. The van der Waals surface area contributed by atoms with Crippen LogP contribution in [0.25, 0.3) is 0 Å². The van der Waals surface area contributed by atoms with Crippen molar-refractivity contribution in [3.05, 3.63) is 29.6 Å². The minimum atomic E-state index is -4.54. The van der Waals surface area contributed by atoms with Gasteiger partial charge in [0.25, 0.3) is 0 Å². The van der Waals surface area contributed by atoms with Gasteiger partial charge in [-0.3, -0.25) is 9.78 Å². The Balaban J connectivity index is 2.34. The first-order valence-corrected chi connectivity index (χ1v) is 6.20. The number of alkyl halides is 3. The zero-order valence-corrected chi connectivity index (χ0v) is 10.3. The van der Waals surface area contributed by atoms with E-state index in [4.69, 9.17) is 5.73 Å². The number of hydrogen-bond acceptors (Lipinski definition) is 3. The SMILES string of the molecule is NCC1CCCC1C(=O)c1cnccc1C(F)(F)F. The first kappa shape index (κ1) is 14.0. The van der Waals surface area contributed by atoms with Crippen LogP contribution in [0.5, 0.6) is 0 Å². The summed E-state index contributed by atoms with van der Waals surface area (Å²) in [5, 5.41) is 0. The summed E-state index contributed by atoms with van der Waals surface area (Å²) in [5.74, 6) is -0.905. The summed E-state index contributed by atoms with van der Waals surface area (Å²) >= 11 is 0. The highest BCUT2D eigenvalue weighted by atomic mass is 19.4. The predicted octanol–water partition coefficient (Wildman–Crippen LogP) is 2.66. The lowest BCUT2D eigenvalue weighted by molar-refractivity contribution is -0.138. The van der Waals surface area contributed by atoms with Crippen molar-refractivity contribution >= 4 is 5.78 Å². The van der Waals surface area contributed by atoms with Crippen molar-refractivity contribution in [2.24, 2.45) is 17.6 Å². The number of ketones is 1. The zero-order chi connectivity index (χ0) is 14.0. The van der Waals surface area contributed by atoms with Crippen molar-refractivity contribution in [3.8, 4) is 0 Å². The zero-order valence-electron chi connectivity index (χ0n) is 10.3. The Morgan fingerprint density at radius 3 is 2.79 bits per heavy atom. The van der Waals surface area contributed by atoms with Crippen LogP contribution in [0.1, 0.15) is 35.2 Å². The lowest BCUT2D eigenvalue weighted by Crippen LogP contribution is -2.27. The van der Waals surface area contributed by atoms with E-state index in [1.54, 1.807) is 0 Å². The maximum absolute atomic E-state index is 12.9. The van der Waals surface area contributed by atoms with Gasteiger partial charge in [-0.05, 0) is 31.4 Å². The summed E-state index contributed by atoms with van der Waals surface area (Å²) in [6, 6.07) is 0.847. The van der Waals surface area contributed by atoms with Gasteiger partial charge in [-0.1, -0.05) is 6.42 Å². The number of halogens is 3. The molecule has 3 nitrogen and oxygen atoms in total. The average molecular weight is 272 g/mol. The fourth-order valence-electron chi connectivity index (χ4n) is 2.70. The number of pyridine rings is 1. The Labute approximate surface area is 109 Å². The van der Waals surface area contributed by atoms with E-state index in [9.17, 15) is 18.0 Å². The van der Waals surface area contributed by atoms with Crippen LogP contribution < -0.4 is 5.73 Å². The molecule has 19 heavy (non-hydrogen) atoms. The molecule has 0 bridgehead atoms. The van der Waals surface area contributed by atoms with Gasteiger partial charge in [0.2, 0.25) is 0 Å². The molecule has 6 heteroatoms. The van der Waals surface area contributed by atoms with Crippen LogP contribution in [-0.2, 0) is 6.18 Å². The molecule has 0 amide bonds. The van der Waals surface area contributed by atoms with Crippen LogP contribution in [0.15, 0.2) is 18.5 Å². The van der Waals surface area contributed by atoms with Gasteiger partial charge in [-0.2, -0.15) is 13.2 Å². The number of rotatable bonds is 3. The van der Waals surface area contributed by atoms with Gasteiger partial charge in [-0.25, -0.2) is 0 Å². The third-order valence-electron chi connectivity index (χ3n) is 3.69. The Morgan fingerprint density at radius 2 is 2.16 bits per heavy atom. The molecule has 104 valence electrons. The third kappa shape index (κ3) is 2.78. The highest BCUT2D eigenvalue weighted by Gasteiger charge is 2.39. The first-order chi connectivity index (χ1) is 8.95. The highest BCUT2D eigenvalue weighted by Crippen LogP contribution is 2.37. The van der Waals surface area contributed by atoms with Gasteiger partial charge in [0.05, 0.1) is 5.56 Å². The highest BCUT2D eigenvalue weighted by molar-refractivity contribution is 5.99. The second-order valence-electron chi connectivity index (χ2n) is 4.82. The molecule has 1 aliphatic rings. The Hall–Kier alpha value is -1.43. The van der Waals surface area contributed by atoms with Crippen molar-refractivity contribution in [2.45, 2.75) is 25.4 Å². The summed E-state index contributed by atoms with van der Waals surface area (Å²) < 4.78 is 38.6. The number of hydrogen-bond donors (Lipinski definition) is 1. The van der Waals surface area contributed by atoms with Gasteiger partial charge < -0.3 is 5.73 Å². The molecule has 0 aliphatic heterocycles. The molecule has 1 fully saturated rings. The third-order valence-corrected chi connectivity index (χ3v) is 3.69. The van der Waals surface area contributed by atoms with Crippen LogP contribution >= 0.6 is 0 Å². The molecule has 2 rings (SSSR count). The summed E-state index contributed by atoms with van der Waals surface area (Å²) in [7, 11) is 0. The molecule has 2 atom stereocenters. The number of carbonyl (C=O) groups excluding carboxylic acids is 1. The summed E-state index contributed by atoms with van der Waals surface area (Å²) in [6.45, 7) is 0.331.